The van der Waals surface area contributed by atoms with Gasteiger partial charge in [0.25, 0.3) is 0 Å². The van der Waals surface area contributed by atoms with Crippen molar-refractivity contribution in [1.82, 2.24) is 0 Å². The Balaban J connectivity index is 1.65. The molecule has 2 aliphatic heterocycles. The van der Waals surface area contributed by atoms with Crippen molar-refractivity contribution < 1.29 is 37.3 Å². The summed E-state index contributed by atoms with van der Waals surface area (Å²) in [5.74, 6) is -8.05. The maximum atomic E-state index is 13.1. The van der Waals surface area contributed by atoms with Crippen LogP contribution in [0.2, 0.25) is 0 Å². The van der Waals surface area contributed by atoms with E-state index in [0.29, 0.717) is 26.6 Å². The lowest BCUT2D eigenvalue weighted by molar-refractivity contribution is -0.240. The SMILES string of the molecule is CC(F)(F)C(=O)OC1C2OC(=O)C3C2CC1C31OCCO1. The largest absolute Gasteiger partial charge is 0.458 e. The zero-order valence-electron chi connectivity index (χ0n) is 11.2. The fraction of sp³-hybridized carbons (Fsp3) is 0.846. The second kappa shape index (κ2) is 3.92. The van der Waals surface area contributed by atoms with Crippen molar-refractivity contribution in [3.05, 3.63) is 0 Å². The van der Waals surface area contributed by atoms with Gasteiger partial charge in [0.2, 0.25) is 0 Å². The molecule has 6 nitrogen and oxygen atoms in total. The number of carbonyl (C=O) groups excluding carboxylic acids is 2. The van der Waals surface area contributed by atoms with Crippen molar-refractivity contribution in [3.63, 3.8) is 0 Å². The molecule has 0 N–H and O–H groups in total. The van der Waals surface area contributed by atoms with Crippen LogP contribution >= 0.6 is 0 Å². The molecule has 0 amide bonds. The molecule has 21 heavy (non-hydrogen) atoms. The summed E-state index contributed by atoms with van der Waals surface area (Å²) in [6.07, 6.45) is -1.10. The van der Waals surface area contributed by atoms with Gasteiger partial charge in [0.1, 0.15) is 18.1 Å². The summed E-state index contributed by atoms with van der Waals surface area (Å²) in [5.41, 5.74) is 0. The van der Waals surface area contributed by atoms with E-state index in [1.54, 1.807) is 0 Å². The van der Waals surface area contributed by atoms with Crippen LogP contribution in [-0.4, -0.2) is 49.1 Å². The highest BCUT2D eigenvalue weighted by atomic mass is 19.3. The molecule has 0 aromatic carbocycles. The van der Waals surface area contributed by atoms with E-state index in [1.165, 1.54) is 0 Å². The molecule has 2 bridgehead atoms. The van der Waals surface area contributed by atoms with Crippen molar-refractivity contribution >= 4 is 11.9 Å². The number of esters is 2. The Morgan fingerprint density at radius 1 is 1.38 bits per heavy atom. The fourth-order valence-electron chi connectivity index (χ4n) is 4.20. The van der Waals surface area contributed by atoms with Crippen LogP contribution in [-0.2, 0) is 28.5 Å². The van der Waals surface area contributed by atoms with Crippen LogP contribution in [0.5, 0.6) is 0 Å². The number of halogens is 2. The van der Waals surface area contributed by atoms with Gasteiger partial charge >= 0.3 is 17.9 Å². The van der Waals surface area contributed by atoms with Gasteiger partial charge in [0.05, 0.1) is 19.1 Å². The highest BCUT2D eigenvalue weighted by Crippen LogP contribution is 2.63. The first-order valence-corrected chi connectivity index (χ1v) is 6.92. The Hall–Kier alpha value is -1.28. The molecule has 5 unspecified atom stereocenters. The van der Waals surface area contributed by atoms with Gasteiger partial charge in [-0.05, 0) is 6.42 Å². The molecule has 1 spiro atoms. The third-order valence-corrected chi connectivity index (χ3v) is 4.89. The molecule has 2 saturated carbocycles. The lowest BCUT2D eigenvalue weighted by Gasteiger charge is -2.38. The lowest BCUT2D eigenvalue weighted by Crippen LogP contribution is -2.53. The predicted octanol–water partition coefficient (Wildman–Crippen LogP) is 0.488. The maximum Gasteiger partial charge on any atom is 0.377 e. The van der Waals surface area contributed by atoms with Crippen LogP contribution in [0.25, 0.3) is 0 Å². The second-order valence-corrected chi connectivity index (χ2v) is 6.06. The first kappa shape index (κ1) is 13.4. The van der Waals surface area contributed by atoms with E-state index in [2.05, 4.69) is 0 Å². The van der Waals surface area contributed by atoms with Crippen LogP contribution in [0.3, 0.4) is 0 Å². The van der Waals surface area contributed by atoms with Crippen LogP contribution in [0.1, 0.15) is 13.3 Å². The Bertz CT molecular complexity index is 509. The zero-order chi connectivity index (χ0) is 15.0. The molecule has 0 radical (unpaired) electrons. The number of alkyl halides is 2. The molecule has 0 aromatic rings. The van der Waals surface area contributed by atoms with Gasteiger partial charge in [-0.3, -0.25) is 4.79 Å². The number of carbonyl (C=O) groups is 2. The van der Waals surface area contributed by atoms with E-state index in [9.17, 15) is 18.4 Å². The molecule has 2 heterocycles. The number of ether oxygens (including phenoxy) is 4. The molecular formula is C13H14F2O6. The summed E-state index contributed by atoms with van der Waals surface area (Å²) >= 11 is 0. The summed E-state index contributed by atoms with van der Waals surface area (Å²) in [6, 6.07) is 0. The third kappa shape index (κ3) is 1.57. The van der Waals surface area contributed by atoms with Crippen LogP contribution < -0.4 is 0 Å². The van der Waals surface area contributed by atoms with Crippen LogP contribution in [0.15, 0.2) is 0 Å². The predicted molar refractivity (Wildman–Crippen MR) is 60.1 cm³/mol. The summed E-state index contributed by atoms with van der Waals surface area (Å²) in [5, 5.41) is 0. The molecule has 2 aliphatic carbocycles. The van der Waals surface area contributed by atoms with Crippen molar-refractivity contribution in [3.8, 4) is 0 Å². The average molecular weight is 304 g/mol. The van der Waals surface area contributed by atoms with E-state index in [1.807, 2.05) is 0 Å². The van der Waals surface area contributed by atoms with Gasteiger partial charge in [0, 0.05) is 12.8 Å². The standard InChI is InChI=1S/C13H14F2O6/c1-12(14,15)11(17)21-9-6-4-5-7(10(16)20-8(5)9)13(6)18-2-3-19-13/h5-9H,2-4H2,1H3. The van der Waals surface area contributed by atoms with Gasteiger partial charge in [-0.15, -0.1) is 0 Å². The quantitative estimate of drug-likeness (QED) is 0.691. The Kier molecular flexibility index (Phi) is 2.50. The fourth-order valence-corrected chi connectivity index (χ4v) is 4.20. The Morgan fingerprint density at radius 2 is 2.05 bits per heavy atom. The highest BCUT2D eigenvalue weighted by molar-refractivity contribution is 5.80. The van der Waals surface area contributed by atoms with Crippen molar-refractivity contribution in [2.45, 2.75) is 37.3 Å². The first-order chi connectivity index (χ1) is 9.84. The van der Waals surface area contributed by atoms with E-state index >= 15 is 0 Å². The minimum absolute atomic E-state index is 0.205. The van der Waals surface area contributed by atoms with Crippen LogP contribution in [0, 0.1) is 17.8 Å². The Labute approximate surface area is 118 Å². The average Bonchev–Trinajstić information content (AvgIpc) is 3.08. The molecule has 8 heteroatoms. The van der Waals surface area contributed by atoms with Gasteiger partial charge in [-0.2, -0.15) is 8.78 Å². The number of rotatable bonds is 2. The second-order valence-electron chi connectivity index (χ2n) is 6.06. The lowest BCUT2D eigenvalue weighted by atomic mass is 9.82. The molecule has 0 aromatic heterocycles. The van der Waals surface area contributed by atoms with Crippen molar-refractivity contribution in [1.29, 1.82) is 0 Å². The molecule has 4 fully saturated rings. The van der Waals surface area contributed by atoms with Crippen molar-refractivity contribution in [2.75, 3.05) is 13.2 Å². The molecule has 4 aliphatic rings. The molecule has 116 valence electrons. The van der Waals surface area contributed by atoms with E-state index in [4.69, 9.17) is 18.9 Å². The van der Waals surface area contributed by atoms with E-state index in [-0.39, 0.29) is 5.92 Å². The summed E-state index contributed by atoms with van der Waals surface area (Å²) < 4.78 is 47.5. The number of hydrogen-bond acceptors (Lipinski definition) is 6. The number of fused-ring (bicyclic) bond motifs is 3. The summed E-state index contributed by atoms with van der Waals surface area (Å²) in [7, 11) is 0. The Morgan fingerprint density at radius 3 is 2.67 bits per heavy atom. The maximum absolute atomic E-state index is 13.1. The minimum atomic E-state index is -3.59. The summed E-state index contributed by atoms with van der Waals surface area (Å²) in [6.45, 7) is 1.12. The van der Waals surface area contributed by atoms with Gasteiger partial charge in [-0.25, -0.2) is 4.79 Å². The molecular weight excluding hydrogens is 290 g/mol. The van der Waals surface area contributed by atoms with E-state index < -0.39 is 47.7 Å². The van der Waals surface area contributed by atoms with E-state index in [0.717, 1.165) is 0 Å². The minimum Gasteiger partial charge on any atom is -0.458 e. The van der Waals surface area contributed by atoms with Gasteiger partial charge in [-0.1, -0.05) is 0 Å². The molecule has 2 saturated heterocycles. The zero-order valence-corrected chi connectivity index (χ0v) is 11.2. The van der Waals surface area contributed by atoms with Crippen molar-refractivity contribution in [2.24, 2.45) is 17.8 Å². The van der Waals surface area contributed by atoms with Crippen LogP contribution in [0.4, 0.5) is 8.78 Å². The number of hydrogen-bond donors (Lipinski definition) is 0. The summed E-state index contributed by atoms with van der Waals surface area (Å²) in [4.78, 5) is 23.5. The monoisotopic (exact) mass is 304 g/mol. The first-order valence-electron chi connectivity index (χ1n) is 6.92. The highest BCUT2D eigenvalue weighted by Gasteiger charge is 2.77. The van der Waals surface area contributed by atoms with Gasteiger partial charge < -0.3 is 18.9 Å². The third-order valence-electron chi connectivity index (χ3n) is 4.89. The van der Waals surface area contributed by atoms with Gasteiger partial charge in [0.15, 0.2) is 5.79 Å². The smallest absolute Gasteiger partial charge is 0.377 e. The topological polar surface area (TPSA) is 71.1 Å². The molecule has 5 atom stereocenters. The molecule has 4 rings (SSSR count). The normalized spacial score (nSPS) is 42.6.